The van der Waals surface area contributed by atoms with Gasteiger partial charge in [0, 0.05) is 16.7 Å². The molecule has 18 heavy (non-hydrogen) atoms. The lowest BCUT2D eigenvalue weighted by atomic mass is 9.87. The number of carbonyl (C=O) groups excluding carboxylic acids is 1. The number of halogens is 1. The van der Waals surface area contributed by atoms with Crippen LogP contribution in [0.5, 0.6) is 0 Å². The lowest BCUT2D eigenvalue weighted by Gasteiger charge is -2.27. The first-order chi connectivity index (χ1) is 8.40. The SMILES string of the molecule is CC1(C)CCCC1NC(=O)c1cc(Br)cnc1N. The average Bonchev–Trinajstić information content (AvgIpc) is 2.62. The molecule has 1 fully saturated rings. The van der Waals surface area contributed by atoms with Gasteiger partial charge in [0.15, 0.2) is 0 Å². The van der Waals surface area contributed by atoms with E-state index in [1.807, 2.05) is 0 Å². The van der Waals surface area contributed by atoms with Gasteiger partial charge in [-0.25, -0.2) is 4.98 Å². The quantitative estimate of drug-likeness (QED) is 0.882. The van der Waals surface area contributed by atoms with Gasteiger partial charge in [-0.1, -0.05) is 20.3 Å². The number of amides is 1. The normalized spacial score (nSPS) is 21.8. The van der Waals surface area contributed by atoms with Crippen LogP contribution in [-0.4, -0.2) is 16.9 Å². The largest absolute Gasteiger partial charge is 0.383 e. The van der Waals surface area contributed by atoms with E-state index in [9.17, 15) is 4.79 Å². The van der Waals surface area contributed by atoms with Gasteiger partial charge in [-0.2, -0.15) is 0 Å². The Hall–Kier alpha value is -1.10. The van der Waals surface area contributed by atoms with Gasteiger partial charge in [0.05, 0.1) is 5.56 Å². The molecule has 0 spiro atoms. The fourth-order valence-electron chi connectivity index (χ4n) is 2.46. The van der Waals surface area contributed by atoms with Crippen molar-refractivity contribution in [2.45, 2.75) is 39.2 Å². The highest BCUT2D eigenvalue weighted by atomic mass is 79.9. The van der Waals surface area contributed by atoms with Crippen molar-refractivity contribution in [3.05, 3.63) is 22.3 Å². The summed E-state index contributed by atoms with van der Waals surface area (Å²) in [7, 11) is 0. The summed E-state index contributed by atoms with van der Waals surface area (Å²) < 4.78 is 0.757. The van der Waals surface area contributed by atoms with Crippen molar-refractivity contribution in [1.82, 2.24) is 10.3 Å². The molecule has 2 rings (SSSR count). The molecule has 1 unspecified atom stereocenters. The van der Waals surface area contributed by atoms with Gasteiger partial charge in [0.25, 0.3) is 5.91 Å². The number of carbonyl (C=O) groups is 1. The molecular weight excluding hydrogens is 294 g/mol. The number of anilines is 1. The number of nitrogens with one attached hydrogen (secondary N) is 1. The minimum Gasteiger partial charge on any atom is -0.383 e. The first-order valence-corrected chi connectivity index (χ1v) is 6.91. The molecule has 4 nitrogen and oxygen atoms in total. The summed E-state index contributed by atoms with van der Waals surface area (Å²) in [5.41, 5.74) is 6.33. The lowest BCUT2D eigenvalue weighted by molar-refractivity contribution is 0.0910. The molecule has 1 heterocycles. The van der Waals surface area contributed by atoms with Crippen LogP contribution in [0.2, 0.25) is 0 Å². The Balaban J connectivity index is 2.15. The standard InChI is InChI=1S/C13H18BrN3O/c1-13(2)5-3-4-10(13)17-12(18)9-6-8(14)7-16-11(9)15/h6-7,10H,3-5H2,1-2H3,(H2,15,16)(H,17,18). The Kier molecular flexibility index (Phi) is 3.61. The maximum absolute atomic E-state index is 12.2. The van der Waals surface area contributed by atoms with Gasteiger partial charge in [-0.15, -0.1) is 0 Å². The predicted molar refractivity (Wildman–Crippen MR) is 75.2 cm³/mol. The zero-order chi connectivity index (χ0) is 13.3. The maximum Gasteiger partial charge on any atom is 0.255 e. The predicted octanol–water partition coefficient (Wildman–Crippen LogP) is 2.73. The number of nitrogens with zero attached hydrogens (tertiary/aromatic N) is 1. The fraction of sp³-hybridized carbons (Fsp3) is 0.538. The van der Waals surface area contributed by atoms with E-state index >= 15 is 0 Å². The van der Waals surface area contributed by atoms with Gasteiger partial charge in [0.2, 0.25) is 0 Å². The third-order valence-electron chi connectivity index (χ3n) is 3.69. The molecule has 1 aliphatic carbocycles. The molecule has 1 aromatic heterocycles. The summed E-state index contributed by atoms with van der Waals surface area (Å²) >= 11 is 3.30. The van der Waals surface area contributed by atoms with Gasteiger partial charge in [0.1, 0.15) is 5.82 Å². The summed E-state index contributed by atoms with van der Waals surface area (Å²) in [5.74, 6) is 0.132. The van der Waals surface area contributed by atoms with Crippen LogP contribution < -0.4 is 11.1 Å². The average molecular weight is 312 g/mol. The van der Waals surface area contributed by atoms with E-state index in [0.717, 1.165) is 23.7 Å². The zero-order valence-corrected chi connectivity index (χ0v) is 12.3. The number of hydrogen-bond acceptors (Lipinski definition) is 3. The van der Waals surface area contributed by atoms with Crippen LogP contribution in [0.15, 0.2) is 16.7 Å². The van der Waals surface area contributed by atoms with Crippen molar-refractivity contribution in [2.24, 2.45) is 5.41 Å². The Morgan fingerprint density at radius 3 is 2.94 bits per heavy atom. The van der Waals surface area contributed by atoms with Crippen molar-refractivity contribution in [1.29, 1.82) is 0 Å². The van der Waals surface area contributed by atoms with E-state index in [1.54, 1.807) is 12.3 Å². The highest BCUT2D eigenvalue weighted by Crippen LogP contribution is 2.37. The summed E-state index contributed by atoms with van der Waals surface area (Å²) in [5, 5.41) is 3.07. The molecule has 1 atom stereocenters. The number of nitrogen functional groups attached to an aromatic ring is 1. The van der Waals surface area contributed by atoms with Gasteiger partial charge < -0.3 is 11.1 Å². The van der Waals surface area contributed by atoms with Crippen LogP contribution in [-0.2, 0) is 0 Å². The first kappa shape index (κ1) is 13.3. The van der Waals surface area contributed by atoms with Gasteiger partial charge in [-0.05, 0) is 40.3 Å². The number of hydrogen-bond donors (Lipinski definition) is 2. The van der Waals surface area contributed by atoms with Crippen LogP contribution in [0.3, 0.4) is 0 Å². The summed E-state index contributed by atoms with van der Waals surface area (Å²) in [6.45, 7) is 4.38. The van der Waals surface area contributed by atoms with Crippen molar-refractivity contribution >= 4 is 27.7 Å². The molecule has 0 radical (unpaired) electrons. The molecule has 1 aliphatic rings. The molecule has 0 aliphatic heterocycles. The van der Waals surface area contributed by atoms with Crippen LogP contribution >= 0.6 is 15.9 Å². The Morgan fingerprint density at radius 1 is 1.61 bits per heavy atom. The highest BCUT2D eigenvalue weighted by Gasteiger charge is 2.35. The van der Waals surface area contributed by atoms with E-state index < -0.39 is 0 Å². The van der Waals surface area contributed by atoms with Crippen molar-refractivity contribution in [2.75, 3.05) is 5.73 Å². The second-order valence-corrected chi connectivity index (χ2v) is 6.41. The van der Waals surface area contributed by atoms with Crippen LogP contribution in [0.25, 0.3) is 0 Å². The van der Waals surface area contributed by atoms with Crippen molar-refractivity contribution in [3.63, 3.8) is 0 Å². The number of aromatic nitrogens is 1. The molecule has 1 amide bonds. The molecule has 3 N–H and O–H groups in total. The fourth-order valence-corrected chi connectivity index (χ4v) is 2.79. The third-order valence-corrected chi connectivity index (χ3v) is 4.13. The van der Waals surface area contributed by atoms with Gasteiger partial charge >= 0.3 is 0 Å². The highest BCUT2D eigenvalue weighted by molar-refractivity contribution is 9.10. The molecule has 1 aromatic rings. The van der Waals surface area contributed by atoms with E-state index in [-0.39, 0.29) is 23.2 Å². The minimum atomic E-state index is -0.138. The zero-order valence-electron chi connectivity index (χ0n) is 10.7. The van der Waals surface area contributed by atoms with E-state index in [0.29, 0.717) is 5.56 Å². The minimum absolute atomic E-state index is 0.138. The Morgan fingerprint density at radius 2 is 2.33 bits per heavy atom. The summed E-state index contributed by atoms with van der Waals surface area (Å²) in [6, 6.07) is 1.92. The topological polar surface area (TPSA) is 68.0 Å². The van der Waals surface area contributed by atoms with Crippen LogP contribution in [0, 0.1) is 5.41 Å². The van der Waals surface area contributed by atoms with E-state index in [4.69, 9.17) is 5.73 Å². The molecule has 0 aromatic carbocycles. The first-order valence-electron chi connectivity index (χ1n) is 6.12. The van der Waals surface area contributed by atoms with Crippen molar-refractivity contribution in [3.8, 4) is 0 Å². The van der Waals surface area contributed by atoms with Crippen molar-refractivity contribution < 1.29 is 4.79 Å². The molecule has 0 bridgehead atoms. The Bertz CT molecular complexity index is 473. The van der Waals surface area contributed by atoms with Crippen LogP contribution in [0.4, 0.5) is 5.82 Å². The monoisotopic (exact) mass is 311 g/mol. The Labute approximate surface area is 115 Å². The number of rotatable bonds is 2. The number of nitrogens with two attached hydrogens (primary N) is 1. The van der Waals surface area contributed by atoms with Crippen LogP contribution in [0.1, 0.15) is 43.5 Å². The van der Waals surface area contributed by atoms with E-state index in [2.05, 4.69) is 40.1 Å². The smallest absolute Gasteiger partial charge is 0.255 e. The number of pyridine rings is 1. The maximum atomic E-state index is 12.2. The molecule has 0 saturated heterocycles. The summed E-state index contributed by atoms with van der Waals surface area (Å²) in [4.78, 5) is 16.2. The molecule has 5 heteroatoms. The third kappa shape index (κ3) is 2.66. The summed E-state index contributed by atoms with van der Waals surface area (Å²) in [6.07, 6.45) is 4.92. The second kappa shape index (κ2) is 4.88. The van der Waals surface area contributed by atoms with Gasteiger partial charge in [-0.3, -0.25) is 4.79 Å². The molecule has 98 valence electrons. The molecular formula is C13H18BrN3O. The molecule has 1 saturated carbocycles. The second-order valence-electron chi connectivity index (χ2n) is 5.49. The van der Waals surface area contributed by atoms with E-state index in [1.165, 1.54) is 0 Å². The lowest BCUT2D eigenvalue weighted by Crippen LogP contribution is -2.41.